The quantitative estimate of drug-likeness (QED) is 0.657. The Kier molecular flexibility index (Phi) is 5.87. The minimum atomic E-state index is -3.65. The zero-order valence-corrected chi connectivity index (χ0v) is 17.8. The Morgan fingerprint density at radius 1 is 1.23 bits per heavy atom. The Hall–Kier alpha value is -2.71. The molecule has 30 heavy (non-hydrogen) atoms. The van der Waals surface area contributed by atoms with Gasteiger partial charge in [-0.2, -0.15) is 4.31 Å². The van der Waals surface area contributed by atoms with Crippen molar-refractivity contribution in [2.75, 3.05) is 13.1 Å². The second kappa shape index (κ2) is 8.57. The van der Waals surface area contributed by atoms with E-state index in [1.807, 2.05) is 36.5 Å². The van der Waals surface area contributed by atoms with Crippen molar-refractivity contribution in [3.63, 3.8) is 0 Å². The Morgan fingerprint density at radius 2 is 2.10 bits per heavy atom. The molecule has 1 aliphatic rings. The maximum absolute atomic E-state index is 13.2. The first kappa shape index (κ1) is 20.6. The van der Waals surface area contributed by atoms with Gasteiger partial charge in [-0.3, -0.25) is 9.78 Å². The van der Waals surface area contributed by atoms with Crippen molar-refractivity contribution in [3.05, 3.63) is 60.6 Å². The van der Waals surface area contributed by atoms with Crippen LogP contribution in [0.5, 0.6) is 0 Å². The molecule has 0 saturated carbocycles. The lowest BCUT2D eigenvalue weighted by Crippen LogP contribution is -2.45. The first-order valence-electron chi connectivity index (χ1n) is 10.3. The number of pyridine rings is 1. The van der Waals surface area contributed by atoms with Crippen LogP contribution in [0.3, 0.4) is 0 Å². The molecule has 7 nitrogen and oxygen atoms in total. The summed E-state index contributed by atoms with van der Waals surface area (Å²) in [5.41, 5.74) is 1.79. The van der Waals surface area contributed by atoms with Gasteiger partial charge in [0, 0.05) is 42.9 Å². The molecule has 1 amide bonds. The summed E-state index contributed by atoms with van der Waals surface area (Å²) in [6.45, 7) is 3.85. The Morgan fingerprint density at radius 3 is 2.87 bits per heavy atom. The first-order chi connectivity index (χ1) is 14.5. The normalized spacial score (nSPS) is 17.8. The van der Waals surface area contributed by atoms with E-state index in [1.165, 1.54) is 4.31 Å². The van der Waals surface area contributed by atoms with Crippen molar-refractivity contribution in [1.29, 1.82) is 0 Å². The summed E-state index contributed by atoms with van der Waals surface area (Å²) in [7, 11) is -3.65. The zero-order valence-electron chi connectivity index (χ0n) is 17.0. The number of hydrogen-bond donors (Lipinski definition) is 1. The van der Waals surface area contributed by atoms with Crippen molar-refractivity contribution < 1.29 is 13.2 Å². The number of piperidine rings is 1. The van der Waals surface area contributed by atoms with E-state index >= 15 is 0 Å². The Bertz CT molecular complexity index is 1140. The van der Waals surface area contributed by atoms with Gasteiger partial charge in [0.25, 0.3) is 0 Å². The van der Waals surface area contributed by atoms with Crippen LogP contribution in [0.15, 0.2) is 59.8 Å². The predicted octanol–water partition coefficient (Wildman–Crippen LogP) is 2.77. The highest BCUT2D eigenvalue weighted by atomic mass is 32.2. The number of nitrogens with zero attached hydrogens (tertiary/aromatic N) is 3. The molecule has 2 aromatic heterocycles. The number of amides is 1. The van der Waals surface area contributed by atoms with Gasteiger partial charge in [0.1, 0.15) is 0 Å². The molecule has 0 unspecified atom stereocenters. The summed E-state index contributed by atoms with van der Waals surface area (Å²) in [6.07, 6.45) is 4.99. The molecule has 4 rings (SSSR count). The number of hydrogen-bond acceptors (Lipinski definition) is 4. The molecule has 3 aromatic rings. The highest BCUT2D eigenvalue weighted by Crippen LogP contribution is 2.27. The van der Waals surface area contributed by atoms with E-state index in [2.05, 4.69) is 21.8 Å². The summed E-state index contributed by atoms with van der Waals surface area (Å²) in [5.74, 6) is -0.488. The van der Waals surface area contributed by atoms with Crippen LogP contribution in [-0.4, -0.2) is 41.3 Å². The van der Waals surface area contributed by atoms with Crippen LogP contribution in [0.25, 0.3) is 10.9 Å². The first-order valence-corrected chi connectivity index (χ1v) is 11.7. The van der Waals surface area contributed by atoms with E-state index in [9.17, 15) is 13.2 Å². The number of fused-ring (bicyclic) bond motifs is 1. The Labute approximate surface area is 176 Å². The van der Waals surface area contributed by atoms with Gasteiger partial charge in [-0.1, -0.05) is 6.07 Å². The number of rotatable bonds is 6. The second-order valence-electron chi connectivity index (χ2n) is 7.56. The molecule has 158 valence electrons. The number of sulfonamides is 1. The van der Waals surface area contributed by atoms with Crippen molar-refractivity contribution >= 4 is 26.8 Å². The lowest BCUT2D eigenvalue weighted by molar-refractivity contribution is -0.126. The van der Waals surface area contributed by atoms with Crippen molar-refractivity contribution in [3.8, 4) is 0 Å². The molecule has 1 aliphatic heterocycles. The third-order valence-corrected chi connectivity index (χ3v) is 7.51. The van der Waals surface area contributed by atoms with E-state index in [1.54, 1.807) is 18.3 Å². The second-order valence-corrected chi connectivity index (χ2v) is 9.50. The van der Waals surface area contributed by atoms with Gasteiger partial charge in [0.2, 0.25) is 15.9 Å². The fourth-order valence-corrected chi connectivity index (χ4v) is 5.52. The third kappa shape index (κ3) is 4.11. The molecule has 0 radical (unpaired) electrons. The van der Waals surface area contributed by atoms with Crippen molar-refractivity contribution in [1.82, 2.24) is 19.2 Å². The van der Waals surface area contributed by atoms with Crippen LogP contribution in [0.2, 0.25) is 0 Å². The number of nitrogens with one attached hydrogen (secondary N) is 1. The maximum Gasteiger partial charge on any atom is 0.243 e. The number of carbonyl (C=O) groups is 1. The molecule has 1 aromatic carbocycles. The summed E-state index contributed by atoms with van der Waals surface area (Å²) >= 11 is 0. The zero-order chi connectivity index (χ0) is 21.1. The molecule has 1 atom stereocenters. The minimum absolute atomic E-state index is 0.129. The topological polar surface area (TPSA) is 84.3 Å². The van der Waals surface area contributed by atoms with Gasteiger partial charge < -0.3 is 9.88 Å². The minimum Gasteiger partial charge on any atom is -0.350 e. The van der Waals surface area contributed by atoms with Gasteiger partial charge in [0.05, 0.1) is 23.1 Å². The predicted molar refractivity (Wildman–Crippen MR) is 115 cm³/mol. The van der Waals surface area contributed by atoms with E-state index in [0.29, 0.717) is 25.9 Å². The lowest BCUT2D eigenvalue weighted by Gasteiger charge is -2.31. The molecule has 1 fully saturated rings. The number of carbonyl (C=O) groups excluding carboxylic acids is 1. The van der Waals surface area contributed by atoms with Gasteiger partial charge in [0.15, 0.2) is 0 Å². The van der Waals surface area contributed by atoms with Crippen LogP contribution >= 0.6 is 0 Å². The molecule has 0 bridgehead atoms. The van der Waals surface area contributed by atoms with Crippen LogP contribution in [0, 0.1) is 5.92 Å². The fraction of sp³-hybridized carbons (Fsp3) is 0.364. The van der Waals surface area contributed by atoms with Crippen LogP contribution < -0.4 is 5.32 Å². The maximum atomic E-state index is 13.2. The molecule has 0 spiro atoms. The number of aromatic nitrogens is 2. The molecular weight excluding hydrogens is 400 g/mol. The number of benzene rings is 1. The summed E-state index contributed by atoms with van der Waals surface area (Å²) in [5, 5.41) is 3.79. The monoisotopic (exact) mass is 426 g/mol. The summed E-state index contributed by atoms with van der Waals surface area (Å²) in [4.78, 5) is 17.1. The van der Waals surface area contributed by atoms with E-state index in [-0.39, 0.29) is 23.3 Å². The standard InChI is InChI=1S/C22H26N4O3S/c1-2-25-13-10-17-14-20(8-9-21(17)25)30(28,29)26-12-5-6-18(16-26)22(27)24-15-19-7-3-4-11-23-19/h3-4,7-11,13-14,18H,2,5-6,12,15-16H2,1H3,(H,24,27)/t18-/m1/s1. The average Bonchev–Trinajstić information content (AvgIpc) is 3.20. The van der Waals surface area contributed by atoms with Crippen LogP contribution in [0.1, 0.15) is 25.5 Å². The van der Waals surface area contributed by atoms with E-state index in [4.69, 9.17) is 0 Å². The van der Waals surface area contributed by atoms with E-state index in [0.717, 1.165) is 23.1 Å². The highest BCUT2D eigenvalue weighted by molar-refractivity contribution is 7.89. The van der Waals surface area contributed by atoms with Crippen molar-refractivity contribution in [2.24, 2.45) is 5.92 Å². The van der Waals surface area contributed by atoms with Gasteiger partial charge in [-0.05, 0) is 56.2 Å². The summed E-state index contributed by atoms with van der Waals surface area (Å²) < 4.78 is 30.0. The SMILES string of the molecule is CCn1ccc2cc(S(=O)(=O)N3CCC[C@@H](C(=O)NCc4ccccn4)C3)ccc21. The molecule has 0 aliphatic carbocycles. The van der Waals surface area contributed by atoms with Crippen LogP contribution in [-0.2, 0) is 27.9 Å². The molecule has 1 N–H and O–H groups in total. The molecule has 1 saturated heterocycles. The molecule has 8 heteroatoms. The van der Waals surface area contributed by atoms with Gasteiger partial charge in [-0.25, -0.2) is 8.42 Å². The molecule has 3 heterocycles. The van der Waals surface area contributed by atoms with Gasteiger partial charge in [-0.15, -0.1) is 0 Å². The van der Waals surface area contributed by atoms with Gasteiger partial charge >= 0.3 is 0 Å². The van der Waals surface area contributed by atoms with Crippen LogP contribution in [0.4, 0.5) is 0 Å². The van der Waals surface area contributed by atoms with E-state index < -0.39 is 10.0 Å². The number of aryl methyl sites for hydroxylation is 1. The largest absolute Gasteiger partial charge is 0.350 e. The smallest absolute Gasteiger partial charge is 0.243 e. The summed E-state index contributed by atoms with van der Waals surface area (Å²) in [6, 6.07) is 12.7. The third-order valence-electron chi connectivity index (χ3n) is 5.65. The highest BCUT2D eigenvalue weighted by Gasteiger charge is 2.33. The Balaban J connectivity index is 1.47. The lowest BCUT2D eigenvalue weighted by atomic mass is 9.99. The molecular formula is C22H26N4O3S. The van der Waals surface area contributed by atoms with Crippen molar-refractivity contribution in [2.45, 2.75) is 37.8 Å². The average molecular weight is 427 g/mol. The fourth-order valence-electron chi connectivity index (χ4n) is 3.96.